The molecule has 1 unspecified atom stereocenters. The third-order valence-corrected chi connectivity index (χ3v) is 3.52. The quantitative estimate of drug-likeness (QED) is 0.828. The summed E-state index contributed by atoms with van der Waals surface area (Å²) >= 11 is 0. The summed E-state index contributed by atoms with van der Waals surface area (Å²) in [6.45, 7) is 8.72. The van der Waals surface area contributed by atoms with Crippen LogP contribution in [0, 0.1) is 0 Å². The van der Waals surface area contributed by atoms with Gasteiger partial charge in [0.2, 0.25) is 0 Å². The average molecular weight is 280 g/mol. The topological polar surface area (TPSA) is 15.3 Å². The van der Waals surface area contributed by atoms with E-state index in [-0.39, 0.29) is 12.0 Å². The maximum absolute atomic E-state index is 12.2. The van der Waals surface area contributed by atoms with Gasteiger partial charge < -0.3 is 5.32 Å². The molecule has 1 aliphatic rings. The maximum atomic E-state index is 12.2. The molecule has 0 bridgehead atoms. The Labute approximate surface area is 114 Å². The first-order valence-corrected chi connectivity index (χ1v) is 7.23. The molecule has 1 heterocycles. The van der Waals surface area contributed by atoms with E-state index in [2.05, 4.69) is 31.0 Å². The Kier molecular flexibility index (Phi) is 6.12. The normalized spacial score (nSPS) is 22.7. The minimum absolute atomic E-state index is 0.0646. The second-order valence-electron chi connectivity index (χ2n) is 6.54. The summed E-state index contributed by atoms with van der Waals surface area (Å²) in [5.74, 6) is 0. The lowest BCUT2D eigenvalue weighted by Gasteiger charge is -2.37. The second-order valence-corrected chi connectivity index (χ2v) is 6.54. The zero-order valence-corrected chi connectivity index (χ0v) is 12.3. The summed E-state index contributed by atoms with van der Waals surface area (Å²) in [6.07, 6.45) is -1.08. The van der Waals surface area contributed by atoms with E-state index < -0.39 is 12.6 Å². The number of halogens is 3. The molecule has 114 valence electrons. The molecule has 0 radical (unpaired) electrons. The fourth-order valence-corrected chi connectivity index (χ4v) is 2.49. The van der Waals surface area contributed by atoms with E-state index >= 15 is 0 Å². The fraction of sp³-hybridized carbons (Fsp3) is 1.00. The molecule has 1 N–H and O–H groups in total. The monoisotopic (exact) mass is 280 g/mol. The first-order valence-electron chi connectivity index (χ1n) is 7.23. The Balaban J connectivity index is 2.35. The molecule has 0 aromatic heterocycles. The third kappa shape index (κ3) is 7.78. The van der Waals surface area contributed by atoms with Gasteiger partial charge in [-0.2, -0.15) is 13.2 Å². The molecule has 1 aliphatic heterocycles. The third-order valence-electron chi connectivity index (χ3n) is 3.52. The van der Waals surface area contributed by atoms with Crippen LogP contribution in [-0.2, 0) is 0 Å². The van der Waals surface area contributed by atoms with Gasteiger partial charge in [-0.05, 0) is 53.1 Å². The highest BCUT2D eigenvalue weighted by Crippen LogP contribution is 2.23. The minimum Gasteiger partial charge on any atom is -0.311 e. The van der Waals surface area contributed by atoms with Crippen LogP contribution in [0.25, 0.3) is 0 Å². The van der Waals surface area contributed by atoms with E-state index in [1.54, 1.807) is 0 Å². The zero-order valence-electron chi connectivity index (χ0n) is 12.3. The summed E-state index contributed by atoms with van der Waals surface area (Å²) in [6, 6.07) is 0.390. The lowest BCUT2D eigenvalue weighted by molar-refractivity contribution is -0.136. The number of hydrogen-bond acceptors (Lipinski definition) is 2. The summed E-state index contributed by atoms with van der Waals surface area (Å²) in [5.41, 5.74) is 0.0646. The second kappa shape index (κ2) is 6.93. The van der Waals surface area contributed by atoms with Gasteiger partial charge in [0.25, 0.3) is 0 Å². The van der Waals surface area contributed by atoms with E-state index in [0.29, 0.717) is 12.6 Å². The van der Waals surface area contributed by atoms with Gasteiger partial charge in [0.1, 0.15) is 0 Å². The van der Waals surface area contributed by atoms with Gasteiger partial charge >= 0.3 is 6.18 Å². The van der Waals surface area contributed by atoms with Gasteiger partial charge in [0.05, 0.1) is 0 Å². The van der Waals surface area contributed by atoms with Gasteiger partial charge in [-0.1, -0.05) is 6.42 Å². The Morgan fingerprint density at radius 1 is 1.16 bits per heavy atom. The van der Waals surface area contributed by atoms with Crippen LogP contribution in [0.2, 0.25) is 0 Å². The van der Waals surface area contributed by atoms with E-state index in [1.807, 2.05) is 0 Å². The van der Waals surface area contributed by atoms with E-state index in [9.17, 15) is 13.2 Å². The van der Waals surface area contributed by atoms with Crippen molar-refractivity contribution in [3.05, 3.63) is 0 Å². The molecule has 5 heteroatoms. The van der Waals surface area contributed by atoms with Crippen LogP contribution in [0.5, 0.6) is 0 Å². The Hall–Kier alpha value is -0.290. The molecule has 1 atom stereocenters. The molecule has 1 fully saturated rings. The molecule has 0 saturated carbocycles. The lowest BCUT2D eigenvalue weighted by atomic mass is 10.00. The van der Waals surface area contributed by atoms with Crippen molar-refractivity contribution in [2.45, 2.75) is 70.6 Å². The SMILES string of the molecule is CC(C)(C)NCC1CCCCN1CCCC(F)(F)F. The predicted octanol–water partition coefficient (Wildman–Crippen LogP) is 3.57. The Bertz CT molecular complexity index is 258. The van der Waals surface area contributed by atoms with Crippen molar-refractivity contribution in [1.29, 1.82) is 0 Å². The summed E-state index contributed by atoms with van der Waals surface area (Å²) in [7, 11) is 0. The van der Waals surface area contributed by atoms with Crippen LogP contribution in [0.15, 0.2) is 0 Å². The Morgan fingerprint density at radius 3 is 2.42 bits per heavy atom. The van der Waals surface area contributed by atoms with Crippen molar-refractivity contribution in [3.8, 4) is 0 Å². The standard InChI is InChI=1S/C14H27F3N2/c1-13(2,3)18-11-12-7-4-5-9-19(12)10-6-8-14(15,16)17/h12,18H,4-11H2,1-3H3. The molecule has 1 rings (SSSR count). The van der Waals surface area contributed by atoms with E-state index in [0.717, 1.165) is 25.9 Å². The molecular formula is C14H27F3N2. The van der Waals surface area contributed by atoms with Crippen molar-refractivity contribution >= 4 is 0 Å². The molecule has 19 heavy (non-hydrogen) atoms. The number of nitrogens with one attached hydrogen (secondary N) is 1. The molecular weight excluding hydrogens is 253 g/mol. The molecule has 0 aliphatic carbocycles. The number of rotatable bonds is 5. The molecule has 0 amide bonds. The van der Waals surface area contributed by atoms with Gasteiger partial charge in [-0.3, -0.25) is 4.90 Å². The highest BCUT2D eigenvalue weighted by Gasteiger charge is 2.28. The van der Waals surface area contributed by atoms with Gasteiger partial charge in [-0.25, -0.2) is 0 Å². The number of alkyl halides is 3. The van der Waals surface area contributed by atoms with E-state index in [1.165, 1.54) is 6.42 Å². The minimum atomic E-state index is -4.02. The highest BCUT2D eigenvalue weighted by atomic mass is 19.4. The Morgan fingerprint density at radius 2 is 1.84 bits per heavy atom. The maximum Gasteiger partial charge on any atom is 0.389 e. The number of piperidine rings is 1. The number of likely N-dealkylation sites (tertiary alicyclic amines) is 1. The largest absolute Gasteiger partial charge is 0.389 e. The number of hydrogen-bond donors (Lipinski definition) is 1. The van der Waals surface area contributed by atoms with E-state index in [4.69, 9.17) is 0 Å². The van der Waals surface area contributed by atoms with Crippen LogP contribution in [-0.4, -0.2) is 42.3 Å². The van der Waals surface area contributed by atoms with Crippen molar-refractivity contribution in [1.82, 2.24) is 10.2 Å². The summed E-state index contributed by atoms with van der Waals surface area (Å²) in [5, 5.41) is 3.46. The zero-order chi connectivity index (χ0) is 14.5. The molecule has 0 aromatic rings. The van der Waals surface area contributed by atoms with Gasteiger partial charge in [0, 0.05) is 24.5 Å². The molecule has 0 aromatic carbocycles. The lowest BCUT2D eigenvalue weighted by Crippen LogP contribution is -2.49. The van der Waals surface area contributed by atoms with Crippen LogP contribution < -0.4 is 5.32 Å². The molecule has 2 nitrogen and oxygen atoms in total. The summed E-state index contributed by atoms with van der Waals surface area (Å²) < 4.78 is 36.5. The van der Waals surface area contributed by atoms with Crippen molar-refractivity contribution in [3.63, 3.8) is 0 Å². The predicted molar refractivity (Wildman–Crippen MR) is 72.3 cm³/mol. The average Bonchev–Trinajstić information content (AvgIpc) is 2.25. The van der Waals surface area contributed by atoms with Crippen LogP contribution in [0.4, 0.5) is 13.2 Å². The highest BCUT2D eigenvalue weighted by molar-refractivity contribution is 4.82. The van der Waals surface area contributed by atoms with Crippen LogP contribution in [0.3, 0.4) is 0 Å². The van der Waals surface area contributed by atoms with Crippen molar-refractivity contribution in [2.75, 3.05) is 19.6 Å². The van der Waals surface area contributed by atoms with Crippen molar-refractivity contribution < 1.29 is 13.2 Å². The van der Waals surface area contributed by atoms with Gasteiger partial charge in [-0.15, -0.1) is 0 Å². The van der Waals surface area contributed by atoms with Gasteiger partial charge in [0.15, 0.2) is 0 Å². The molecule has 1 saturated heterocycles. The van der Waals surface area contributed by atoms with Crippen molar-refractivity contribution in [2.24, 2.45) is 0 Å². The molecule has 0 spiro atoms. The summed E-state index contributed by atoms with van der Waals surface area (Å²) in [4.78, 5) is 2.23. The van der Waals surface area contributed by atoms with Crippen LogP contribution >= 0.6 is 0 Å². The first-order chi connectivity index (χ1) is 8.67. The van der Waals surface area contributed by atoms with Crippen LogP contribution in [0.1, 0.15) is 52.9 Å². The number of nitrogens with zero attached hydrogens (tertiary/aromatic N) is 1. The fourth-order valence-electron chi connectivity index (χ4n) is 2.49. The smallest absolute Gasteiger partial charge is 0.311 e. The first kappa shape index (κ1) is 16.8.